The van der Waals surface area contributed by atoms with Crippen molar-refractivity contribution in [2.24, 2.45) is 5.92 Å². The van der Waals surface area contributed by atoms with Crippen molar-refractivity contribution in [1.82, 2.24) is 15.3 Å². The lowest BCUT2D eigenvalue weighted by Gasteiger charge is -2.23. The maximum Gasteiger partial charge on any atom is 0.137 e. The standard InChI is InChI=1S/C15H25ClN4/c1-15(2,3)14-19-12(16)10-13(20-14)18-9-6-11-4-7-17-8-5-11/h10-11,17H,4-9H2,1-3H3,(H,18,19,20). The van der Waals surface area contributed by atoms with Crippen LogP contribution in [0.4, 0.5) is 5.82 Å². The second-order valence-electron chi connectivity index (χ2n) is 6.56. The first-order valence-electron chi connectivity index (χ1n) is 7.45. The number of piperidine rings is 1. The quantitative estimate of drug-likeness (QED) is 0.838. The lowest BCUT2D eigenvalue weighted by atomic mass is 9.95. The fourth-order valence-corrected chi connectivity index (χ4v) is 2.60. The number of nitrogens with one attached hydrogen (secondary N) is 2. The van der Waals surface area contributed by atoms with Gasteiger partial charge in [-0.15, -0.1) is 0 Å². The minimum absolute atomic E-state index is 0.0869. The lowest BCUT2D eigenvalue weighted by molar-refractivity contribution is 0.361. The van der Waals surface area contributed by atoms with Crippen molar-refractivity contribution in [1.29, 1.82) is 0 Å². The van der Waals surface area contributed by atoms with Crippen molar-refractivity contribution in [3.63, 3.8) is 0 Å². The van der Waals surface area contributed by atoms with Gasteiger partial charge in [-0.1, -0.05) is 32.4 Å². The molecule has 1 aliphatic rings. The molecule has 1 aromatic rings. The second kappa shape index (κ2) is 6.72. The normalized spacial score (nSPS) is 17.2. The van der Waals surface area contributed by atoms with Crippen LogP contribution in [0.2, 0.25) is 5.15 Å². The van der Waals surface area contributed by atoms with Gasteiger partial charge in [0.25, 0.3) is 0 Å². The van der Waals surface area contributed by atoms with Gasteiger partial charge in [-0.2, -0.15) is 0 Å². The zero-order chi connectivity index (χ0) is 14.6. The molecular formula is C15H25ClN4. The van der Waals surface area contributed by atoms with E-state index in [0.717, 1.165) is 37.2 Å². The summed E-state index contributed by atoms with van der Waals surface area (Å²) in [5.74, 6) is 2.45. The molecule has 1 saturated heterocycles. The Morgan fingerprint density at radius 1 is 1.30 bits per heavy atom. The molecule has 0 bridgehead atoms. The summed E-state index contributed by atoms with van der Waals surface area (Å²) in [6, 6.07) is 1.80. The van der Waals surface area contributed by atoms with Crippen molar-refractivity contribution in [3.05, 3.63) is 17.0 Å². The first-order valence-corrected chi connectivity index (χ1v) is 7.82. The second-order valence-corrected chi connectivity index (χ2v) is 6.95. The van der Waals surface area contributed by atoms with Crippen molar-refractivity contribution in [2.75, 3.05) is 25.0 Å². The number of halogens is 1. The van der Waals surface area contributed by atoms with Gasteiger partial charge in [0.2, 0.25) is 0 Å². The smallest absolute Gasteiger partial charge is 0.137 e. The van der Waals surface area contributed by atoms with Crippen LogP contribution in [0.25, 0.3) is 0 Å². The van der Waals surface area contributed by atoms with Crippen molar-refractivity contribution >= 4 is 17.4 Å². The Hall–Kier alpha value is -0.870. The fraction of sp³-hybridized carbons (Fsp3) is 0.733. The summed E-state index contributed by atoms with van der Waals surface area (Å²) >= 11 is 6.08. The van der Waals surface area contributed by atoms with Crippen LogP contribution in [0.5, 0.6) is 0 Å². The molecule has 1 aromatic heterocycles. The Kier molecular flexibility index (Phi) is 5.22. The molecule has 0 radical (unpaired) electrons. The minimum Gasteiger partial charge on any atom is -0.370 e. The first kappa shape index (κ1) is 15.5. The topological polar surface area (TPSA) is 49.8 Å². The monoisotopic (exact) mass is 296 g/mol. The van der Waals surface area contributed by atoms with E-state index in [-0.39, 0.29) is 5.41 Å². The maximum absolute atomic E-state index is 6.08. The van der Waals surface area contributed by atoms with Crippen LogP contribution < -0.4 is 10.6 Å². The molecule has 112 valence electrons. The molecule has 4 nitrogen and oxygen atoms in total. The minimum atomic E-state index is -0.0869. The number of rotatable bonds is 4. The molecule has 20 heavy (non-hydrogen) atoms. The summed E-state index contributed by atoms with van der Waals surface area (Å²) in [4.78, 5) is 8.88. The third kappa shape index (κ3) is 4.60. The molecule has 1 aliphatic heterocycles. The largest absolute Gasteiger partial charge is 0.370 e. The van der Waals surface area contributed by atoms with Crippen LogP contribution >= 0.6 is 11.6 Å². The van der Waals surface area contributed by atoms with E-state index in [1.165, 1.54) is 19.3 Å². The van der Waals surface area contributed by atoms with Gasteiger partial charge < -0.3 is 10.6 Å². The van der Waals surface area contributed by atoms with Crippen molar-refractivity contribution < 1.29 is 0 Å². The number of hydrogen-bond donors (Lipinski definition) is 2. The zero-order valence-electron chi connectivity index (χ0n) is 12.7. The van der Waals surface area contributed by atoms with E-state index < -0.39 is 0 Å². The Labute approximate surface area is 126 Å². The summed E-state index contributed by atoms with van der Waals surface area (Å²) in [5.41, 5.74) is -0.0869. The predicted molar refractivity (Wildman–Crippen MR) is 84.4 cm³/mol. The van der Waals surface area contributed by atoms with Crippen LogP contribution in [-0.4, -0.2) is 29.6 Å². The molecule has 2 rings (SSSR count). The molecular weight excluding hydrogens is 272 g/mol. The Bertz CT molecular complexity index is 436. The molecule has 2 N–H and O–H groups in total. The van der Waals surface area contributed by atoms with Crippen molar-refractivity contribution in [2.45, 2.75) is 45.4 Å². The lowest BCUT2D eigenvalue weighted by Crippen LogP contribution is -2.28. The SMILES string of the molecule is CC(C)(C)c1nc(Cl)cc(NCCC2CCNCC2)n1. The molecule has 2 heterocycles. The third-order valence-electron chi connectivity index (χ3n) is 3.68. The van der Waals surface area contributed by atoms with E-state index in [1.807, 2.05) is 0 Å². The van der Waals surface area contributed by atoms with Gasteiger partial charge in [0.05, 0.1) is 0 Å². The molecule has 0 saturated carbocycles. The summed E-state index contributed by atoms with van der Waals surface area (Å²) in [6.45, 7) is 9.53. The van der Waals surface area contributed by atoms with Crippen LogP contribution in [0.1, 0.15) is 45.9 Å². The van der Waals surface area contributed by atoms with E-state index >= 15 is 0 Å². The molecule has 0 aromatic carbocycles. The van der Waals surface area contributed by atoms with E-state index in [1.54, 1.807) is 6.07 Å². The average Bonchev–Trinajstić information content (AvgIpc) is 2.38. The molecule has 0 amide bonds. The molecule has 0 spiro atoms. The molecule has 0 unspecified atom stereocenters. The molecule has 5 heteroatoms. The highest BCUT2D eigenvalue weighted by Crippen LogP contribution is 2.22. The zero-order valence-corrected chi connectivity index (χ0v) is 13.4. The van der Waals surface area contributed by atoms with Gasteiger partial charge in [0.1, 0.15) is 16.8 Å². The number of aromatic nitrogens is 2. The van der Waals surface area contributed by atoms with Gasteiger partial charge in [-0.05, 0) is 38.3 Å². The molecule has 1 fully saturated rings. The summed E-state index contributed by atoms with van der Waals surface area (Å²) in [7, 11) is 0. The van der Waals surface area contributed by atoms with Gasteiger partial charge in [-0.3, -0.25) is 0 Å². The summed E-state index contributed by atoms with van der Waals surface area (Å²) < 4.78 is 0. The Morgan fingerprint density at radius 3 is 2.65 bits per heavy atom. The Morgan fingerprint density at radius 2 is 2.00 bits per heavy atom. The van der Waals surface area contributed by atoms with E-state index in [0.29, 0.717) is 5.15 Å². The fourth-order valence-electron chi connectivity index (χ4n) is 2.42. The van der Waals surface area contributed by atoms with Crippen LogP contribution in [0.15, 0.2) is 6.07 Å². The average molecular weight is 297 g/mol. The number of hydrogen-bond acceptors (Lipinski definition) is 4. The van der Waals surface area contributed by atoms with Crippen LogP contribution in [0.3, 0.4) is 0 Å². The highest BCUT2D eigenvalue weighted by molar-refractivity contribution is 6.29. The number of nitrogens with zero attached hydrogens (tertiary/aromatic N) is 2. The molecule has 0 aliphatic carbocycles. The van der Waals surface area contributed by atoms with Crippen LogP contribution in [-0.2, 0) is 5.41 Å². The summed E-state index contributed by atoms with van der Waals surface area (Å²) in [6.07, 6.45) is 3.74. The first-order chi connectivity index (χ1) is 9.45. The van der Waals surface area contributed by atoms with Gasteiger partial charge in [0, 0.05) is 18.0 Å². The van der Waals surface area contributed by atoms with Gasteiger partial charge in [0.15, 0.2) is 0 Å². The van der Waals surface area contributed by atoms with E-state index in [2.05, 4.69) is 41.4 Å². The van der Waals surface area contributed by atoms with Gasteiger partial charge in [-0.25, -0.2) is 9.97 Å². The predicted octanol–water partition coefficient (Wildman–Crippen LogP) is 3.23. The third-order valence-corrected chi connectivity index (χ3v) is 3.88. The van der Waals surface area contributed by atoms with Crippen molar-refractivity contribution in [3.8, 4) is 0 Å². The van der Waals surface area contributed by atoms with E-state index in [9.17, 15) is 0 Å². The summed E-state index contributed by atoms with van der Waals surface area (Å²) in [5, 5.41) is 7.29. The number of anilines is 1. The Balaban J connectivity index is 1.90. The van der Waals surface area contributed by atoms with Gasteiger partial charge >= 0.3 is 0 Å². The van der Waals surface area contributed by atoms with Crippen LogP contribution in [0, 0.1) is 5.92 Å². The van der Waals surface area contributed by atoms with E-state index in [4.69, 9.17) is 11.6 Å². The highest BCUT2D eigenvalue weighted by Gasteiger charge is 2.19. The molecule has 0 atom stereocenters. The maximum atomic E-state index is 6.08. The highest BCUT2D eigenvalue weighted by atomic mass is 35.5.